The summed E-state index contributed by atoms with van der Waals surface area (Å²) >= 11 is 1.43. The van der Waals surface area contributed by atoms with Gasteiger partial charge in [-0.15, -0.1) is 13.2 Å². The third-order valence-electron chi connectivity index (χ3n) is 2.27. The second kappa shape index (κ2) is 4.57. The fourth-order valence-electron chi connectivity index (χ4n) is 1.61. The topological polar surface area (TPSA) is 9.23 Å². The zero-order valence-corrected chi connectivity index (χ0v) is 8.75. The molecule has 2 atom stereocenters. The molecule has 82 valence electrons. The van der Waals surface area contributed by atoms with Gasteiger partial charge in [-0.3, -0.25) is 4.74 Å². The molecule has 5 heteroatoms. The van der Waals surface area contributed by atoms with Crippen molar-refractivity contribution in [2.45, 2.75) is 37.0 Å². The van der Waals surface area contributed by atoms with Crippen LogP contribution in [0, 0.1) is 0 Å². The zero-order valence-electron chi connectivity index (χ0n) is 7.93. The molecule has 0 spiro atoms. The Balaban J connectivity index is 2.57. The van der Waals surface area contributed by atoms with E-state index in [0.29, 0.717) is 6.42 Å². The predicted molar refractivity (Wildman–Crippen MR) is 51.2 cm³/mol. The van der Waals surface area contributed by atoms with Crippen LogP contribution in [-0.4, -0.2) is 24.0 Å². The fraction of sp³-hybridized carbons (Fsp3) is 0.778. The first-order valence-electron chi connectivity index (χ1n) is 4.36. The number of hydrogen-bond acceptors (Lipinski definition) is 2. The van der Waals surface area contributed by atoms with Crippen molar-refractivity contribution in [1.29, 1.82) is 0 Å². The predicted octanol–water partition coefficient (Wildman–Crippen LogP) is 3.36. The van der Waals surface area contributed by atoms with Gasteiger partial charge in [-0.1, -0.05) is 12.2 Å². The van der Waals surface area contributed by atoms with Crippen molar-refractivity contribution < 1.29 is 17.9 Å². The summed E-state index contributed by atoms with van der Waals surface area (Å²) in [5.74, 6) is 0. The monoisotopic (exact) mass is 226 g/mol. The van der Waals surface area contributed by atoms with Gasteiger partial charge in [0.15, 0.2) is 0 Å². The molecule has 14 heavy (non-hydrogen) atoms. The number of alkyl halides is 3. The lowest BCUT2D eigenvalue weighted by Crippen LogP contribution is -2.35. The highest BCUT2D eigenvalue weighted by Gasteiger charge is 2.38. The van der Waals surface area contributed by atoms with Gasteiger partial charge < -0.3 is 0 Å². The van der Waals surface area contributed by atoms with Gasteiger partial charge in [0.2, 0.25) is 0 Å². The van der Waals surface area contributed by atoms with Crippen molar-refractivity contribution in [3.8, 4) is 0 Å². The molecule has 0 aromatic rings. The fourth-order valence-corrected chi connectivity index (χ4v) is 2.42. The Labute approximate surface area is 85.7 Å². The Hall–Kier alpha value is -0.160. The Bertz CT molecular complexity index is 215. The third kappa shape index (κ3) is 3.53. The van der Waals surface area contributed by atoms with E-state index in [1.165, 1.54) is 11.8 Å². The quantitative estimate of drug-likeness (QED) is 0.668. The summed E-state index contributed by atoms with van der Waals surface area (Å²) in [5.41, 5.74) is 0.851. The van der Waals surface area contributed by atoms with E-state index in [4.69, 9.17) is 0 Å². The van der Waals surface area contributed by atoms with Gasteiger partial charge in [0.1, 0.15) is 0 Å². The molecule has 1 aliphatic rings. The molecule has 0 radical (unpaired) electrons. The third-order valence-corrected chi connectivity index (χ3v) is 3.42. The average Bonchev–Trinajstić information content (AvgIpc) is 2.01. The van der Waals surface area contributed by atoms with Crippen LogP contribution in [0.15, 0.2) is 12.2 Å². The Kier molecular flexibility index (Phi) is 3.89. The summed E-state index contributed by atoms with van der Waals surface area (Å²) in [7, 11) is 0. The maximum absolute atomic E-state index is 12.0. The first-order chi connectivity index (χ1) is 6.42. The highest BCUT2D eigenvalue weighted by atomic mass is 32.2. The molecule has 1 aliphatic carbocycles. The van der Waals surface area contributed by atoms with Crippen molar-refractivity contribution in [1.82, 2.24) is 0 Å². The molecule has 0 saturated heterocycles. The smallest absolute Gasteiger partial charge is 0.287 e. The van der Waals surface area contributed by atoms with Crippen LogP contribution in [0.1, 0.15) is 19.3 Å². The molecule has 0 bridgehead atoms. The molecule has 2 unspecified atom stereocenters. The van der Waals surface area contributed by atoms with Gasteiger partial charge in [0.05, 0.1) is 6.10 Å². The van der Waals surface area contributed by atoms with Crippen LogP contribution >= 0.6 is 11.8 Å². The Morgan fingerprint density at radius 2 is 2.14 bits per heavy atom. The first-order valence-corrected chi connectivity index (χ1v) is 5.65. The first kappa shape index (κ1) is 11.9. The molecular weight excluding hydrogens is 213 g/mol. The van der Waals surface area contributed by atoms with Crippen LogP contribution in [0.2, 0.25) is 0 Å². The Morgan fingerprint density at radius 3 is 2.64 bits per heavy atom. The number of ether oxygens (including phenoxy) is 1. The van der Waals surface area contributed by atoms with Crippen LogP contribution in [-0.2, 0) is 4.74 Å². The molecule has 0 N–H and O–H groups in total. The molecule has 0 aromatic heterocycles. The van der Waals surface area contributed by atoms with Crippen LogP contribution in [0.4, 0.5) is 13.2 Å². The largest absolute Gasteiger partial charge is 0.522 e. The maximum Gasteiger partial charge on any atom is 0.522 e. The molecule has 1 rings (SSSR count). The summed E-state index contributed by atoms with van der Waals surface area (Å²) in [6, 6.07) is 0. The standard InChI is InChI=1S/C9H13F3OS/c1-6-3-4-8(14-2)7(5-6)13-9(10,11)12/h7-8H,1,3-5H2,2H3. The number of thioether (sulfide) groups is 1. The minimum Gasteiger partial charge on any atom is -0.287 e. The summed E-state index contributed by atoms with van der Waals surface area (Å²) in [6.07, 6.45) is -1.62. The van der Waals surface area contributed by atoms with E-state index in [9.17, 15) is 13.2 Å². The van der Waals surface area contributed by atoms with E-state index in [1.54, 1.807) is 0 Å². The maximum atomic E-state index is 12.0. The molecular formula is C9H13F3OS. The second-order valence-corrected chi connectivity index (χ2v) is 4.45. The van der Waals surface area contributed by atoms with Crippen LogP contribution in [0.25, 0.3) is 0 Å². The molecule has 1 fully saturated rings. The Morgan fingerprint density at radius 1 is 1.50 bits per heavy atom. The van der Waals surface area contributed by atoms with Gasteiger partial charge in [-0.05, 0) is 25.5 Å². The van der Waals surface area contributed by atoms with E-state index in [1.807, 2.05) is 6.26 Å². The van der Waals surface area contributed by atoms with E-state index >= 15 is 0 Å². The van der Waals surface area contributed by atoms with E-state index in [0.717, 1.165) is 18.4 Å². The van der Waals surface area contributed by atoms with Crippen LogP contribution < -0.4 is 0 Å². The average molecular weight is 226 g/mol. The summed E-state index contributed by atoms with van der Waals surface area (Å²) in [5, 5.41) is -0.0675. The van der Waals surface area contributed by atoms with Crippen molar-refractivity contribution in [2.75, 3.05) is 6.26 Å². The van der Waals surface area contributed by atoms with Crippen molar-refractivity contribution in [3.05, 3.63) is 12.2 Å². The molecule has 0 amide bonds. The van der Waals surface area contributed by atoms with E-state index in [2.05, 4.69) is 11.3 Å². The lowest BCUT2D eigenvalue weighted by Gasteiger charge is -2.31. The molecule has 0 aromatic carbocycles. The van der Waals surface area contributed by atoms with Crippen molar-refractivity contribution in [2.24, 2.45) is 0 Å². The van der Waals surface area contributed by atoms with E-state index < -0.39 is 12.5 Å². The molecule has 0 aliphatic heterocycles. The SMILES string of the molecule is C=C1CCC(SC)C(OC(F)(F)F)C1. The number of halogens is 3. The lowest BCUT2D eigenvalue weighted by molar-refractivity contribution is -0.343. The van der Waals surface area contributed by atoms with Gasteiger partial charge in [-0.25, -0.2) is 0 Å². The molecule has 1 saturated carbocycles. The second-order valence-electron chi connectivity index (χ2n) is 3.37. The number of rotatable bonds is 2. The molecule has 1 nitrogen and oxygen atoms in total. The van der Waals surface area contributed by atoms with Crippen molar-refractivity contribution >= 4 is 11.8 Å². The minimum atomic E-state index is -4.53. The zero-order chi connectivity index (χ0) is 10.8. The van der Waals surface area contributed by atoms with Gasteiger partial charge in [0.25, 0.3) is 0 Å². The van der Waals surface area contributed by atoms with E-state index in [-0.39, 0.29) is 5.25 Å². The summed E-state index contributed by atoms with van der Waals surface area (Å²) in [4.78, 5) is 0. The van der Waals surface area contributed by atoms with Crippen LogP contribution in [0.3, 0.4) is 0 Å². The van der Waals surface area contributed by atoms with Crippen molar-refractivity contribution in [3.63, 3.8) is 0 Å². The minimum absolute atomic E-state index is 0.0675. The highest BCUT2D eigenvalue weighted by Crippen LogP contribution is 2.35. The van der Waals surface area contributed by atoms with Crippen LogP contribution in [0.5, 0.6) is 0 Å². The number of hydrogen-bond donors (Lipinski definition) is 0. The normalized spacial score (nSPS) is 29.3. The molecule has 0 heterocycles. The lowest BCUT2D eigenvalue weighted by atomic mass is 9.93. The van der Waals surface area contributed by atoms with Gasteiger partial charge in [0, 0.05) is 5.25 Å². The summed E-state index contributed by atoms with van der Waals surface area (Å²) in [6.45, 7) is 3.71. The van der Waals surface area contributed by atoms with Gasteiger partial charge in [-0.2, -0.15) is 11.8 Å². The highest BCUT2D eigenvalue weighted by molar-refractivity contribution is 7.99. The summed E-state index contributed by atoms with van der Waals surface area (Å²) < 4.78 is 40.1. The van der Waals surface area contributed by atoms with Gasteiger partial charge >= 0.3 is 6.36 Å².